The van der Waals surface area contributed by atoms with Gasteiger partial charge in [-0.3, -0.25) is 0 Å². The minimum absolute atomic E-state index is 0.616. The Bertz CT molecular complexity index is 3790. The summed E-state index contributed by atoms with van der Waals surface area (Å²) in [6.45, 7) is 0. The highest BCUT2D eigenvalue weighted by molar-refractivity contribution is 6.26. The van der Waals surface area contributed by atoms with Crippen molar-refractivity contribution in [2.24, 2.45) is 0 Å². The molecule has 3 heterocycles. The van der Waals surface area contributed by atoms with Crippen LogP contribution >= 0.6 is 0 Å². The fraction of sp³-hybridized carbons (Fsp3) is 0.0172. The molecule has 1 spiro atoms. The van der Waals surface area contributed by atoms with Gasteiger partial charge in [0.1, 0.15) is 11.2 Å². The molecule has 0 N–H and O–H groups in total. The van der Waals surface area contributed by atoms with E-state index in [0.717, 1.165) is 49.8 Å². The van der Waals surface area contributed by atoms with Crippen molar-refractivity contribution in [3.63, 3.8) is 0 Å². The van der Waals surface area contributed by atoms with Gasteiger partial charge in [-0.25, -0.2) is 15.0 Å². The Morgan fingerprint density at radius 1 is 0.365 bits per heavy atom. The number of aromatic nitrogens is 4. The molecule has 3 aromatic heterocycles. The normalized spacial score (nSPS) is 14.7. The van der Waals surface area contributed by atoms with Crippen LogP contribution in [0.25, 0.3) is 106 Å². The van der Waals surface area contributed by atoms with E-state index >= 15 is 0 Å². The van der Waals surface area contributed by atoms with E-state index in [-0.39, 0.29) is 0 Å². The highest BCUT2D eigenvalue weighted by atomic mass is 16.3. The van der Waals surface area contributed by atoms with Gasteiger partial charge in [0.15, 0.2) is 17.5 Å². The molecule has 0 aliphatic heterocycles. The van der Waals surface area contributed by atoms with Gasteiger partial charge >= 0.3 is 0 Å². The first-order valence-corrected chi connectivity index (χ1v) is 21.4. The van der Waals surface area contributed by atoms with Crippen molar-refractivity contribution >= 4 is 43.7 Å². The third kappa shape index (κ3) is 4.63. The van der Waals surface area contributed by atoms with Gasteiger partial charge in [-0.05, 0) is 75.3 Å². The van der Waals surface area contributed by atoms with Gasteiger partial charge in [0.25, 0.3) is 0 Å². The lowest BCUT2D eigenvalue weighted by Gasteiger charge is -2.30. The summed E-state index contributed by atoms with van der Waals surface area (Å²) in [5.41, 5.74) is 17.4. The number of fused-ring (bicyclic) bond motifs is 18. The molecule has 12 aromatic rings. The van der Waals surface area contributed by atoms with Crippen LogP contribution in [-0.2, 0) is 5.41 Å². The minimum atomic E-state index is -0.616. The molecule has 14 rings (SSSR count). The Morgan fingerprint density at radius 2 is 0.921 bits per heavy atom. The molecule has 2 aliphatic carbocycles. The Hall–Kier alpha value is -8.41. The first kappa shape index (κ1) is 34.3. The van der Waals surface area contributed by atoms with Gasteiger partial charge in [0.2, 0.25) is 0 Å². The van der Waals surface area contributed by atoms with E-state index in [1.54, 1.807) is 0 Å². The van der Waals surface area contributed by atoms with Gasteiger partial charge < -0.3 is 8.98 Å². The number of benzene rings is 9. The number of para-hydroxylation sites is 2. The first-order valence-electron chi connectivity index (χ1n) is 21.4. The maximum absolute atomic E-state index is 6.54. The summed E-state index contributed by atoms with van der Waals surface area (Å²) in [6.07, 6.45) is 0. The van der Waals surface area contributed by atoms with Crippen LogP contribution in [0.5, 0.6) is 0 Å². The van der Waals surface area contributed by atoms with E-state index in [1.165, 1.54) is 60.8 Å². The molecule has 2 aliphatic rings. The monoisotopic (exact) mass is 802 g/mol. The van der Waals surface area contributed by atoms with Crippen molar-refractivity contribution in [2.45, 2.75) is 5.41 Å². The smallest absolute Gasteiger partial charge is 0.164 e. The fourth-order valence-electron chi connectivity index (χ4n) is 10.9. The maximum atomic E-state index is 6.54. The summed E-state index contributed by atoms with van der Waals surface area (Å²) in [6, 6.07) is 73.7. The van der Waals surface area contributed by atoms with E-state index in [9.17, 15) is 0 Å². The minimum Gasteiger partial charge on any atom is -0.456 e. The maximum Gasteiger partial charge on any atom is 0.164 e. The molecular formula is C58H34N4O. The Kier molecular flexibility index (Phi) is 6.97. The standard InChI is InChI=1S/C58H34N4O/c1-4-16-35(17-5-1)55-59-56(36-18-6-2-7-19-36)61-57(60-55)37-28-29-40-39-22-10-13-25-45(39)58(48(40)34-37)46-26-14-11-23-43(46)51-47(58)32-30-41-42-31-33-50-52(44-24-12-15-27-49(44)63-50)54(42)62(53(41)51)38-20-8-3-9-21-38/h1-34H. The van der Waals surface area contributed by atoms with Gasteiger partial charge in [-0.15, -0.1) is 0 Å². The van der Waals surface area contributed by atoms with Crippen LogP contribution in [0.15, 0.2) is 211 Å². The third-order valence-corrected chi connectivity index (χ3v) is 13.5. The zero-order chi connectivity index (χ0) is 41.2. The van der Waals surface area contributed by atoms with Crippen molar-refractivity contribution in [1.82, 2.24) is 19.5 Å². The van der Waals surface area contributed by atoms with Crippen LogP contribution < -0.4 is 0 Å². The molecule has 63 heavy (non-hydrogen) atoms. The Labute approximate surface area is 362 Å². The number of hydrogen-bond acceptors (Lipinski definition) is 4. The SMILES string of the molecule is c1ccc(-c2nc(-c3ccccc3)nc(-c3ccc4c(c3)C3(c5ccccc5-4)c4ccccc4-c4c3ccc3c5ccc6oc7ccccc7c6c5n(-c5ccccc5)c43)n2)cc1. The second kappa shape index (κ2) is 12.8. The molecule has 1 unspecified atom stereocenters. The van der Waals surface area contributed by atoms with Crippen LogP contribution in [-0.4, -0.2) is 19.5 Å². The third-order valence-electron chi connectivity index (χ3n) is 13.5. The summed E-state index contributed by atoms with van der Waals surface area (Å²) in [5.74, 6) is 1.93. The average Bonchev–Trinajstić information content (AvgIpc) is 4.08. The van der Waals surface area contributed by atoms with E-state index in [4.69, 9.17) is 19.4 Å². The van der Waals surface area contributed by atoms with Crippen molar-refractivity contribution in [3.8, 4) is 62.1 Å². The van der Waals surface area contributed by atoms with E-state index < -0.39 is 5.41 Å². The molecule has 0 saturated heterocycles. The number of nitrogens with zero attached hydrogens (tertiary/aromatic N) is 4. The van der Waals surface area contributed by atoms with Crippen LogP contribution in [0.4, 0.5) is 0 Å². The number of rotatable bonds is 4. The lowest BCUT2D eigenvalue weighted by molar-refractivity contribution is 0.669. The molecule has 0 saturated carbocycles. The van der Waals surface area contributed by atoms with Crippen molar-refractivity contribution < 1.29 is 4.42 Å². The number of hydrogen-bond donors (Lipinski definition) is 0. The van der Waals surface area contributed by atoms with E-state index in [1.807, 2.05) is 42.5 Å². The average molecular weight is 803 g/mol. The molecule has 5 heteroatoms. The highest BCUT2D eigenvalue weighted by Gasteiger charge is 2.52. The molecule has 0 radical (unpaired) electrons. The molecule has 0 fully saturated rings. The van der Waals surface area contributed by atoms with Crippen molar-refractivity contribution in [3.05, 3.63) is 229 Å². The summed E-state index contributed by atoms with van der Waals surface area (Å²) in [5, 5.41) is 4.64. The zero-order valence-electron chi connectivity index (χ0n) is 33.8. The Morgan fingerprint density at radius 3 is 1.65 bits per heavy atom. The van der Waals surface area contributed by atoms with Crippen LogP contribution in [0, 0.1) is 0 Å². The second-order valence-corrected chi connectivity index (χ2v) is 16.6. The van der Waals surface area contributed by atoms with Gasteiger partial charge in [0, 0.05) is 44.1 Å². The first-order chi connectivity index (χ1) is 31.3. The second-order valence-electron chi connectivity index (χ2n) is 16.6. The van der Waals surface area contributed by atoms with Gasteiger partial charge in [-0.1, -0.05) is 170 Å². The predicted molar refractivity (Wildman–Crippen MR) is 254 cm³/mol. The molecule has 292 valence electrons. The number of furan rings is 1. The summed E-state index contributed by atoms with van der Waals surface area (Å²) in [7, 11) is 0. The molecule has 5 nitrogen and oxygen atoms in total. The quantitative estimate of drug-likeness (QED) is 0.178. The Balaban J connectivity index is 1.09. The van der Waals surface area contributed by atoms with Gasteiger partial charge in [0.05, 0.1) is 21.8 Å². The lowest BCUT2D eigenvalue weighted by atomic mass is 9.70. The van der Waals surface area contributed by atoms with Crippen molar-refractivity contribution in [2.75, 3.05) is 0 Å². The van der Waals surface area contributed by atoms with E-state index in [2.05, 4.69) is 168 Å². The fourth-order valence-corrected chi connectivity index (χ4v) is 10.9. The molecule has 0 bridgehead atoms. The molecule has 9 aromatic carbocycles. The molecular weight excluding hydrogens is 769 g/mol. The largest absolute Gasteiger partial charge is 0.456 e. The molecule has 0 amide bonds. The topological polar surface area (TPSA) is 56.7 Å². The highest BCUT2D eigenvalue weighted by Crippen LogP contribution is 2.64. The van der Waals surface area contributed by atoms with Crippen LogP contribution in [0.2, 0.25) is 0 Å². The van der Waals surface area contributed by atoms with E-state index in [0.29, 0.717) is 17.5 Å². The molecule has 1 atom stereocenters. The summed E-state index contributed by atoms with van der Waals surface area (Å²) in [4.78, 5) is 15.4. The predicted octanol–water partition coefficient (Wildman–Crippen LogP) is 14.2. The summed E-state index contributed by atoms with van der Waals surface area (Å²) >= 11 is 0. The van der Waals surface area contributed by atoms with Crippen LogP contribution in [0.3, 0.4) is 0 Å². The van der Waals surface area contributed by atoms with Gasteiger partial charge in [-0.2, -0.15) is 0 Å². The van der Waals surface area contributed by atoms with Crippen LogP contribution in [0.1, 0.15) is 22.3 Å². The van der Waals surface area contributed by atoms with Crippen molar-refractivity contribution in [1.29, 1.82) is 0 Å². The summed E-state index contributed by atoms with van der Waals surface area (Å²) < 4.78 is 9.04. The lowest BCUT2D eigenvalue weighted by Crippen LogP contribution is -2.26. The zero-order valence-corrected chi connectivity index (χ0v) is 33.8.